The van der Waals surface area contributed by atoms with E-state index in [1.165, 1.54) is 64.5 Å². The molecule has 0 spiro atoms. The molecule has 2 heteroatoms. The van der Waals surface area contributed by atoms with Gasteiger partial charge < -0.3 is 10.0 Å². The van der Waals surface area contributed by atoms with Crippen molar-refractivity contribution < 1.29 is 5.11 Å². The maximum atomic E-state index is 10.0. The molecule has 2 rings (SSSR count). The summed E-state index contributed by atoms with van der Waals surface area (Å²) in [7, 11) is 0. The van der Waals surface area contributed by atoms with E-state index in [9.17, 15) is 5.11 Å². The minimum atomic E-state index is -0.199. The Morgan fingerprint density at radius 3 is 2.35 bits per heavy atom. The van der Waals surface area contributed by atoms with Crippen LogP contribution in [0.3, 0.4) is 0 Å². The number of hydrogen-bond donors (Lipinski definition) is 1. The molecule has 2 fully saturated rings. The Hall–Kier alpha value is -0.0800. The number of piperidine rings is 1. The summed E-state index contributed by atoms with van der Waals surface area (Å²) in [4.78, 5) is 2.42. The third kappa shape index (κ3) is 4.97. The molecule has 17 heavy (non-hydrogen) atoms. The summed E-state index contributed by atoms with van der Waals surface area (Å²) in [5, 5.41) is 10.0. The molecular weight excluding hydrogens is 210 g/mol. The lowest BCUT2D eigenvalue weighted by atomic mass is 9.85. The van der Waals surface area contributed by atoms with Gasteiger partial charge in [-0.25, -0.2) is 0 Å². The highest BCUT2D eigenvalue weighted by molar-refractivity contribution is 4.83. The van der Waals surface area contributed by atoms with Gasteiger partial charge in [0.15, 0.2) is 0 Å². The molecule has 1 N–H and O–H groups in total. The van der Waals surface area contributed by atoms with E-state index >= 15 is 0 Å². The fourth-order valence-corrected chi connectivity index (χ4v) is 3.25. The molecule has 1 radical (unpaired) electrons. The van der Waals surface area contributed by atoms with Crippen molar-refractivity contribution in [3.8, 4) is 0 Å². The maximum absolute atomic E-state index is 10.0. The molecule has 0 bridgehead atoms. The molecule has 0 amide bonds. The van der Waals surface area contributed by atoms with E-state index in [1.54, 1.807) is 0 Å². The normalized spacial score (nSPS) is 25.9. The first-order valence-corrected chi connectivity index (χ1v) is 7.58. The molecule has 0 aromatic heterocycles. The second kappa shape index (κ2) is 7.38. The van der Waals surface area contributed by atoms with Gasteiger partial charge in [0.1, 0.15) is 0 Å². The summed E-state index contributed by atoms with van der Waals surface area (Å²) in [6, 6.07) is 0. The summed E-state index contributed by atoms with van der Waals surface area (Å²) >= 11 is 0. The number of β-amino-alcohol motifs (C(OH)–C–C–N with tert-alkyl or cyclic N) is 1. The predicted molar refractivity (Wildman–Crippen MR) is 71.8 cm³/mol. The van der Waals surface area contributed by atoms with Crippen molar-refractivity contribution in [2.75, 3.05) is 19.6 Å². The summed E-state index contributed by atoms with van der Waals surface area (Å²) in [6.45, 7) is 3.25. The average molecular weight is 238 g/mol. The van der Waals surface area contributed by atoms with Gasteiger partial charge in [-0.1, -0.05) is 38.5 Å². The smallest absolute Gasteiger partial charge is 0.0698 e. The lowest BCUT2D eigenvalue weighted by molar-refractivity contribution is 0.116. The van der Waals surface area contributed by atoms with Gasteiger partial charge in [0, 0.05) is 6.54 Å². The molecule has 1 atom stereocenters. The molecule has 1 aliphatic carbocycles. The first-order chi connectivity index (χ1) is 8.34. The largest absolute Gasteiger partial charge is 0.391 e. The minimum Gasteiger partial charge on any atom is -0.391 e. The Morgan fingerprint density at radius 1 is 1.00 bits per heavy atom. The lowest BCUT2D eigenvalue weighted by Crippen LogP contribution is -2.36. The van der Waals surface area contributed by atoms with Crippen molar-refractivity contribution >= 4 is 0 Å². The van der Waals surface area contributed by atoms with Crippen LogP contribution in [0, 0.1) is 12.3 Å². The molecular formula is C15H28NO. The molecule has 0 aromatic rings. The lowest BCUT2D eigenvalue weighted by Gasteiger charge is -2.29. The van der Waals surface area contributed by atoms with Crippen molar-refractivity contribution in [1.29, 1.82) is 0 Å². The van der Waals surface area contributed by atoms with Crippen LogP contribution in [0.1, 0.15) is 57.8 Å². The SMILES string of the molecule is OC([CH]CC1CCCCC1)CN1CCCCC1. The van der Waals surface area contributed by atoms with Crippen molar-refractivity contribution in [2.24, 2.45) is 5.92 Å². The summed E-state index contributed by atoms with van der Waals surface area (Å²) in [6.07, 6.45) is 14.1. The zero-order valence-electron chi connectivity index (χ0n) is 11.1. The molecule has 1 aliphatic heterocycles. The van der Waals surface area contributed by atoms with Gasteiger partial charge in [-0.2, -0.15) is 0 Å². The number of aliphatic hydroxyl groups is 1. The summed E-state index contributed by atoms with van der Waals surface area (Å²) < 4.78 is 0. The number of aliphatic hydroxyl groups excluding tert-OH is 1. The van der Waals surface area contributed by atoms with E-state index < -0.39 is 0 Å². The first-order valence-electron chi connectivity index (χ1n) is 7.58. The Morgan fingerprint density at radius 2 is 1.65 bits per heavy atom. The second-order valence-electron chi connectivity index (χ2n) is 5.90. The standard InChI is InChI=1S/C15H28NO/c17-15(13-16-11-5-2-6-12-16)10-9-14-7-3-1-4-8-14/h10,14-15,17H,1-9,11-13H2. The Kier molecular flexibility index (Phi) is 5.79. The maximum Gasteiger partial charge on any atom is 0.0698 e. The first kappa shape index (κ1) is 13.4. The van der Waals surface area contributed by atoms with Crippen molar-refractivity contribution in [1.82, 2.24) is 4.90 Å². The Balaban J connectivity index is 1.57. The number of nitrogens with zero attached hydrogens (tertiary/aromatic N) is 1. The zero-order valence-corrected chi connectivity index (χ0v) is 11.1. The van der Waals surface area contributed by atoms with E-state index in [0.717, 1.165) is 18.9 Å². The molecule has 1 saturated carbocycles. The van der Waals surface area contributed by atoms with E-state index in [-0.39, 0.29) is 6.10 Å². The number of rotatable bonds is 5. The minimum absolute atomic E-state index is 0.199. The van der Waals surface area contributed by atoms with E-state index in [2.05, 4.69) is 11.3 Å². The average Bonchev–Trinajstić information content (AvgIpc) is 2.39. The molecule has 2 aliphatic rings. The highest BCUT2D eigenvalue weighted by Crippen LogP contribution is 2.27. The van der Waals surface area contributed by atoms with Gasteiger partial charge in [0.05, 0.1) is 6.10 Å². The van der Waals surface area contributed by atoms with Crippen LogP contribution >= 0.6 is 0 Å². The Labute approximate surface area is 106 Å². The van der Waals surface area contributed by atoms with Gasteiger partial charge in [0.25, 0.3) is 0 Å². The van der Waals surface area contributed by atoms with Gasteiger partial charge in [-0.05, 0) is 44.7 Å². The monoisotopic (exact) mass is 238 g/mol. The second-order valence-corrected chi connectivity index (χ2v) is 5.90. The van der Waals surface area contributed by atoms with Gasteiger partial charge in [0.2, 0.25) is 0 Å². The van der Waals surface area contributed by atoms with Crippen molar-refractivity contribution in [3.05, 3.63) is 6.42 Å². The van der Waals surface area contributed by atoms with Gasteiger partial charge in [-0.15, -0.1) is 0 Å². The number of hydrogen-bond acceptors (Lipinski definition) is 2. The third-order valence-corrected chi connectivity index (χ3v) is 4.36. The van der Waals surface area contributed by atoms with Crippen LogP contribution in [0.15, 0.2) is 0 Å². The van der Waals surface area contributed by atoms with Crippen LogP contribution in [0.5, 0.6) is 0 Å². The molecule has 1 heterocycles. The van der Waals surface area contributed by atoms with Crippen LogP contribution in [0.2, 0.25) is 0 Å². The van der Waals surface area contributed by atoms with Crippen molar-refractivity contribution in [3.63, 3.8) is 0 Å². The molecule has 0 aromatic carbocycles. The van der Waals surface area contributed by atoms with Gasteiger partial charge >= 0.3 is 0 Å². The third-order valence-electron chi connectivity index (χ3n) is 4.36. The van der Waals surface area contributed by atoms with Crippen LogP contribution in [0.4, 0.5) is 0 Å². The number of likely N-dealkylation sites (tertiary alicyclic amines) is 1. The van der Waals surface area contributed by atoms with Crippen LogP contribution < -0.4 is 0 Å². The highest BCUT2D eigenvalue weighted by Gasteiger charge is 2.18. The van der Waals surface area contributed by atoms with E-state index in [4.69, 9.17) is 0 Å². The topological polar surface area (TPSA) is 23.5 Å². The molecule has 99 valence electrons. The van der Waals surface area contributed by atoms with Crippen LogP contribution in [-0.2, 0) is 0 Å². The summed E-state index contributed by atoms with van der Waals surface area (Å²) in [5.74, 6) is 0.861. The molecule has 1 unspecified atom stereocenters. The Bertz CT molecular complexity index is 195. The zero-order chi connectivity index (χ0) is 11.9. The summed E-state index contributed by atoms with van der Waals surface area (Å²) in [5.41, 5.74) is 0. The predicted octanol–water partition coefficient (Wildman–Crippen LogP) is 3.01. The van der Waals surface area contributed by atoms with E-state index in [0.29, 0.717) is 0 Å². The fourth-order valence-electron chi connectivity index (χ4n) is 3.25. The molecule has 2 nitrogen and oxygen atoms in total. The molecule has 1 saturated heterocycles. The van der Waals surface area contributed by atoms with Crippen LogP contribution in [0.25, 0.3) is 0 Å². The fraction of sp³-hybridized carbons (Fsp3) is 0.933. The highest BCUT2D eigenvalue weighted by atomic mass is 16.3. The van der Waals surface area contributed by atoms with Gasteiger partial charge in [-0.3, -0.25) is 0 Å². The van der Waals surface area contributed by atoms with E-state index in [1.807, 2.05) is 0 Å². The van der Waals surface area contributed by atoms with Crippen molar-refractivity contribution in [2.45, 2.75) is 63.9 Å². The van der Waals surface area contributed by atoms with Crippen LogP contribution in [-0.4, -0.2) is 35.7 Å². The quantitative estimate of drug-likeness (QED) is 0.796.